The minimum absolute atomic E-state index is 0.208. The summed E-state index contributed by atoms with van der Waals surface area (Å²) in [5.74, 6) is 0. The smallest absolute Gasteiger partial charge is 0.411 e. The lowest BCUT2D eigenvalue weighted by molar-refractivity contribution is 0.136. The van der Waals surface area contributed by atoms with Crippen LogP contribution in [-0.2, 0) is 18.6 Å². The Morgan fingerprint density at radius 3 is 2.17 bits per heavy atom. The van der Waals surface area contributed by atoms with Crippen molar-refractivity contribution in [2.75, 3.05) is 19.8 Å². The molecule has 2 fully saturated rings. The zero-order valence-electron chi connectivity index (χ0n) is 7.41. The molecule has 0 atom stereocenters. The average Bonchev–Trinajstić information content (AvgIpc) is 2.55. The highest BCUT2D eigenvalue weighted by Gasteiger charge is 2.49. The van der Waals surface area contributed by atoms with Crippen molar-refractivity contribution < 1.29 is 18.6 Å². The summed E-state index contributed by atoms with van der Waals surface area (Å²) >= 11 is 0. The molecule has 0 spiro atoms. The maximum atomic E-state index is 5.56. The molecule has 0 saturated carbocycles. The lowest BCUT2D eigenvalue weighted by Gasteiger charge is -2.15. The lowest BCUT2D eigenvalue weighted by atomic mass is 9.49. The molecule has 0 N–H and O–H groups in total. The molecule has 12 heavy (non-hydrogen) atoms. The first-order chi connectivity index (χ1) is 5.67. The summed E-state index contributed by atoms with van der Waals surface area (Å²) in [5, 5.41) is 0. The third kappa shape index (κ3) is 1.66. The van der Waals surface area contributed by atoms with Crippen molar-refractivity contribution in [1.29, 1.82) is 0 Å². The van der Waals surface area contributed by atoms with E-state index in [9.17, 15) is 0 Å². The molecule has 6 heteroatoms. The Morgan fingerprint density at radius 2 is 1.67 bits per heavy atom. The van der Waals surface area contributed by atoms with Gasteiger partial charge in [0.15, 0.2) is 0 Å². The van der Waals surface area contributed by atoms with Crippen LogP contribution in [0.5, 0.6) is 0 Å². The minimum atomic E-state index is -0.345. The second-order valence-electron chi connectivity index (χ2n) is 3.67. The second-order valence-corrected chi connectivity index (χ2v) is 3.67. The Hall–Kier alpha value is -0.0301. The Morgan fingerprint density at radius 1 is 1.00 bits per heavy atom. The van der Waals surface area contributed by atoms with Crippen LogP contribution in [0.15, 0.2) is 0 Å². The fourth-order valence-electron chi connectivity index (χ4n) is 1.33. The molecule has 66 valence electrons. The molecule has 0 bridgehead atoms. The molecule has 0 aliphatic carbocycles. The predicted octanol–water partition coefficient (Wildman–Crippen LogP) is -0.0866. The van der Waals surface area contributed by atoms with Gasteiger partial charge in [-0.2, -0.15) is 0 Å². The monoisotopic (exact) mass is 170 g/mol. The van der Waals surface area contributed by atoms with Gasteiger partial charge in [0.2, 0.25) is 0 Å². The van der Waals surface area contributed by atoms with E-state index in [-0.39, 0.29) is 19.6 Å². The van der Waals surface area contributed by atoms with Crippen LogP contribution in [0.1, 0.15) is 13.8 Å². The highest BCUT2D eigenvalue weighted by Crippen LogP contribution is 2.22. The number of rotatable bonds is 1. The van der Waals surface area contributed by atoms with Crippen molar-refractivity contribution >= 4 is 14.0 Å². The van der Waals surface area contributed by atoms with E-state index in [0.29, 0.717) is 19.8 Å². The molecule has 0 aromatic carbocycles. The molecule has 2 aliphatic heterocycles. The average molecular weight is 170 g/mol. The molecule has 0 radical (unpaired) electrons. The molecular formula is C6H12B2O4. The highest BCUT2D eigenvalue weighted by atomic mass is 16.7. The zero-order chi connectivity index (χ0) is 8.60. The number of hydrogen-bond acceptors (Lipinski definition) is 4. The fraction of sp³-hybridized carbons (Fsp3) is 1.00. The molecule has 2 heterocycles. The maximum Gasteiger partial charge on any atom is 0.488 e. The molecule has 4 nitrogen and oxygen atoms in total. The van der Waals surface area contributed by atoms with E-state index in [0.717, 1.165) is 0 Å². The molecular weight excluding hydrogens is 158 g/mol. The van der Waals surface area contributed by atoms with Crippen LogP contribution >= 0.6 is 0 Å². The summed E-state index contributed by atoms with van der Waals surface area (Å²) in [6, 6.07) is 0. The highest BCUT2D eigenvalue weighted by molar-refractivity contribution is 7.11. The molecule has 2 rings (SSSR count). The van der Waals surface area contributed by atoms with Gasteiger partial charge in [-0.25, -0.2) is 0 Å². The fourth-order valence-corrected chi connectivity index (χ4v) is 1.33. The van der Waals surface area contributed by atoms with Gasteiger partial charge in [0.25, 0.3) is 0 Å². The summed E-state index contributed by atoms with van der Waals surface area (Å²) in [5.41, 5.74) is -0.208. The summed E-state index contributed by atoms with van der Waals surface area (Å²) < 4.78 is 21.5. The summed E-state index contributed by atoms with van der Waals surface area (Å²) in [6.07, 6.45) is 0. The molecule has 0 amide bonds. The van der Waals surface area contributed by atoms with E-state index < -0.39 is 0 Å². The van der Waals surface area contributed by atoms with Gasteiger partial charge in [0.1, 0.15) is 0 Å². The van der Waals surface area contributed by atoms with Crippen LogP contribution in [0.2, 0.25) is 0 Å². The second kappa shape index (κ2) is 3.03. The van der Waals surface area contributed by atoms with Gasteiger partial charge in [-0.3, -0.25) is 0 Å². The van der Waals surface area contributed by atoms with Gasteiger partial charge in [-0.05, 0) is 13.8 Å². The van der Waals surface area contributed by atoms with Crippen LogP contribution in [0.25, 0.3) is 0 Å². The molecule has 0 unspecified atom stereocenters. The topological polar surface area (TPSA) is 36.9 Å². The first-order valence-electron chi connectivity index (χ1n) is 4.20. The van der Waals surface area contributed by atoms with Gasteiger partial charge in [0, 0.05) is 0 Å². The first kappa shape index (κ1) is 8.56. The van der Waals surface area contributed by atoms with Crippen LogP contribution < -0.4 is 0 Å². The van der Waals surface area contributed by atoms with Crippen LogP contribution in [0.4, 0.5) is 0 Å². The normalized spacial score (nSPS) is 28.5. The van der Waals surface area contributed by atoms with E-state index in [2.05, 4.69) is 0 Å². The zero-order valence-corrected chi connectivity index (χ0v) is 7.41. The van der Waals surface area contributed by atoms with Gasteiger partial charge in [-0.1, -0.05) is 0 Å². The Balaban J connectivity index is 1.90. The maximum absolute atomic E-state index is 5.56. The predicted molar refractivity (Wildman–Crippen MR) is 44.5 cm³/mol. The SMILES string of the molecule is CC1(C)COB(B2OCCO2)O1. The van der Waals surface area contributed by atoms with Crippen LogP contribution in [0, 0.1) is 0 Å². The third-order valence-corrected chi connectivity index (χ3v) is 1.90. The standard InChI is InChI=1S/C6H12B2O4/c1-6(2)5-11-8(12-6)7-9-3-4-10-7/h3-5H2,1-2H3. The first-order valence-corrected chi connectivity index (χ1v) is 4.20. The molecule has 0 aromatic heterocycles. The Labute approximate surface area is 72.8 Å². The Bertz CT molecular complexity index is 169. The summed E-state index contributed by atoms with van der Waals surface area (Å²) in [4.78, 5) is 0. The summed E-state index contributed by atoms with van der Waals surface area (Å²) in [7, 11) is -0.672. The van der Waals surface area contributed by atoms with Crippen molar-refractivity contribution in [3.8, 4) is 0 Å². The van der Waals surface area contributed by atoms with Crippen molar-refractivity contribution in [3.63, 3.8) is 0 Å². The van der Waals surface area contributed by atoms with Gasteiger partial charge in [-0.15, -0.1) is 0 Å². The quantitative estimate of drug-likeness (QED) is 0.515. The minimum Gasteiger partial charge on any atom is -0.411 e. The van der Waals surface area contributed by atoms with Crippen molar-refractivity contribution in [1.82, 2.24) is 0 Å². The van der Waals surface area contributed by atoms with E-state index >= 15 is 0 Å². The van der Waals surface area contributed by atoms with Crippen molar-refractivity contribution in [2.45, 2.75) is 19.4 Å². The van der Waals surface area contributed by atoms with E-state index in [1.807, 2.05) is 13.8 Å². The largest absolute Gasteiger partial charge is 0.488 e. The van der Waals surface area contributed by atoms with Gasteiger partial charge < -0.3 is 18.6 Å². The summed E-state index contributed by atoms with van der Waals surface area (Å²) in [6.45, 7) is 5.84. The van der Waals surface area contributed by atoms with Crippen LogP contribution in [0.3, 0.4) is 0 Å². The van der Waals surface area contributed by atoms with E-state index in [1.54, 1.807) is 0 Å². The van der Waals surface area contributed by atoms with Crippen LogP contribution in [-0.4, -0.2) is 39.4 Å². The van der Waals surface area contributed by atoms with Gasteiger partial charge >= 0.3 is 14.0 Å². The number of hydrogen-bond donors (Lipinski definition) is 0. The third-order valence-electron chi connectivity index (χ3n) is 1.90. The molecule has 0 aromatic rings. The van der Waals surface area contributed by atoms with Crippen molar-refractivity contribution in [2.24, 2.45) is 0 Å². The lowest BCUT2D eigenvalue weighted by Crippen LogP contribution is -2.40. The molecule has 2 aliphatic rings. The molecule has 2 saturated heterocycles. The Kier molecular flexibility index (Phi) is 2.16. The van der Waals surface area contributed by atoms with Crippen molar-refractivity contribution in [3.05, 3.63) is 0 Å². The van der Waals surface area contributed by atoms with E-state index in [4.69, 9.17) is 18.6 Å². The van der Waals surface area contributed by atoms with Gasteiger partial charge in [0.05, 0.1) is 25.4 Å². The van der Waals surface area contributed by atoms with E-state index in [1.165, 1.54) is 0 Å².